The average molecular weight is 176 g/mol. The smallest absolute Gasteiger partial charge is 0.321 e. The summed E-state index contributed by atoms with van der Waals surface area (Å²) in [5, 5.41) is 4.59. The van der Waals surface area contributed by atoms with E-state index < -0.39 is 6.03 Å². The minimum atomic E-state index is -0.453. The van der Waals surface area contributed by atoms with Crippen LogP contribution in [0.2, 0.25) is 0 Å². The molecule has 0 fully saturated rings. The van der Waals surface area contributed by atoms with Crippen LogP contribution in [0.25, 0.3) is 0 Å². The van der Waals surface area contributed by atoms with Crippen LogP contribution in [0.1, 0.15) is 13.3 Å². The van der Waals surface area contributed by atoms with Crippen molar-refractivity contribution in [2.45, 2.75) is 13.3 Å². The van der Waals surface area contributed by atoms with Crippen LogP contribution in [0.3, 0.4) is 0 Å². The maximum Gasteiger partial charge on any atom is 0.321 e. The van der Waals surface area contributed by atoms with Gasteiger partial charge in [0.1, 0.15) is 0 Å². The molecule has 4 nitrogen and oxygen atoms in total. The highest BCUT2D eigenvalue weighted by Crippen LogP contribution is 1.74. The molecule has 0 atom stereocenters. The van der Waals surface area contributed by atoms with E-state index >= 15 is 0 Å². The van der Waals surface area contributed by atoms with Gasteiger partial charge in [-0.2, -0.15) is 12.6 Å². The number of hydrogen-bond donors (Lipinski definition) is 3. The van der Waals surface area contributed by atoms with Gasteiger partial charge < -0.3 is 5.32 Å². The lowest BCUT2D eigenvalue weighted by molar-refractivity contribution is -0.117. The maximum atomic E-state index is 10.7. The van der Waals surface area contributed by atoms with Crippen molar-refractivity contribution in [1.29, 1.82) is 0 Å². The molecule has 0 heterocycles. The van der Waals surface area contributed by atoms with E-state index in [1.807, 2.05) is 6.92 Å². The van der Waals surface area contributed by atoms with Crippen LogP contribution >= 0.6 is 12.6 Å². The van der Waals surface area contributed by atoms with Crippen LogP contribution in [-0.4, -0.2) is 24.2 Å². The molecule has 0 radical (unpaired) electrons. The summed E-state index contributed by atoms with van der Waals surface area (Å²) in [5.74, 6) is -0.360. The van der Waals surface area contributed by atoms with Crippen LogP contribution in [0, 0.1) is 0 Å². The first kappa shape index (κ1) is 10.3. The van der Waals surface area contributed by atoms with Crippen LogP contribution in [0.4, 0.5) is 4.79 Å². The Hall–Kier alpha value is -0.710. The molecule has 3 amide bonds. The van der Waals surface area contributed by atoms with Crippen molar-refractivity contribution in [3.63, 3.8) is 0 Å². The molecule has 0 spiro atoms. The quantitative estimate of drug-likeness (QED) is 0.536. The lowest BCUT2D eigenvalue weighted by Gasteiger charge is -2.02. The molecule has 0 saturated carbocycles. The Bertz CT molecular complexity index is 150. The molecular formula is C6H12N2O2S. The van der Waals surface area contributed by atoms with Gasteiger partial charge in [0.25, 0.3) is 0 Å². The second-order valence-electron chi connectivity index (χ2n) is 1.96. The molecular weight excluding hydrogens is 164 g/mol. The third-order valence-electron chi connectivity index (χ3n) is 0.932. The molecule has 0 aliphatic rings. The Morgan fingerprint density at radius 1 is 1.45 bits per heavy atom. The number of urea groups is 1. The Morgan fingerprint density at radius 2 is 2.09 bits per heavy atom. The van der Waals surface area contributed by atoms with Crippen molar-refractivity contribution in [2.24, 2.45) is 0 Å². The van der Waals surface area contributed by atoms with E-state index in [0.717, 1.165) is 6.42 Å². The largest absolute Gasteiger partial charge is 0.338 e. The normalized spacial score (nSPS) is 8.91. The molecule has 0 aromatic rings. The van der Waals surface area contributed by atoms with Crippen molar-refractivity contribution in [3.8, 4) is 0 Å². The maximum absolute atomic E-state index is 10.7. The SMILES string of the molecule is CCCNC(=O)NC(=O)CS. The number of imide groups is 1. The van der Waals surface area contributed by atoms with Gasteiger partial charge in [-0.05, 0) is 6.42 Å². The molecule has 5 heteroatoms. The fourth-order valence-electron chi connectivity index (χ4n) is 0.449. The first-order chi connectivity index (χ1) is 5.20. The molecule has 2 N–H and O–H groups in total. The summed E-state index contributed by atoms with van der Waals surface area (Å²) in [7, 11) is 0. The zero-order valence-electron chi connectivity index (χ0n) is 6.39. The van der Waals surface area contributed by atoms with E-state index in [-0.39, 0.29) is 11.7 Å². The summed E-state index contributed by atoms with van der Waals surface area (Å²) in [6.07, 6.45) is 0.850. The molecule has 0 aliphatic carbocycles. The molecule has 0 saturated heterocycles. The molecule has 0 rings (SSSR count). The zero-order valence-corrected chi connectivity index (χ0v) is 7.28. The average Bonchev–Trinajstić information content (AvgIpc) is 2.00. The van der Waals surface area contributed by atoms with Crippen molar-refractivity contribution < 1.29 is 9.59 Å². The highest BCUT2D eigenvalue weighted by Gasteiger charge is 2.02. The molecule has 11 heavy (non-hydrogen) atoms. The standard InChI is InChI=1S/C6H12N2O2S/c1-2-3-7-6(10)8-5(9)4-11/h11H,2-4H2,1H3,(H2,7,8,9,10). The number of rotatable bonds is 3. The van der Waals surface area contributed by atoms with Crippen LogP contribution in [0.15, 0.2) is 0 Å². The Kier molecular flexibility index (Phi) is 5.64. The number of hydrogen-bond acceptors (Lipinski definition) is 3. The van der Waals surface area contributed by atoms with Crippen LogP contribution in [-0.2, 0) is 4.79 Å². The highest BCUT2D eigenvalue weighted by atomic mass is 32.1. The van der Waals surface area contributed by atoms with Crippen molar-refractivity contribution >= 4 is 24.6 Å². The van der Waals surface area contributed by atoms with Crippen LogP contribution < -0.4 is 10.6 Å². The van der Waals surface area contributed by atoms with Gasteiger partial charge in [-0.15, -0.1) is 0 Å². The van der Waals surface area contributed by atoms with E-state index in [4.69, 9.17) is 0 Å². The fourth-order valence-corrected chi connectivity index (χ4v) is 0.528. The second kappa shape index (κ2) is 6.03. The van der Waals surface area contributed by atoms with Gasteiger partial charge in [-0.3, -0.25) is 10.1 Å². The number of amides is 3. The third-order valence-corrected chi connectivity index (χ3v) is 1.22. The van der Waals surface area contributed by atoms with Gasteiger partial charge in [-0.25, -0.2) is 4.79 Å². The topological polar surface area (TPSA) is 58.2 Å². The lowest BCUT2D eigenvalue weighted by Crippen LogP contribution is -2.40. The van der Waals surface area contributed by atoms with Crippen molar-refractivity contribution in [1.82, 2.24) is 10.6 Å². The second-order valence-corrected chi connectivity index (χ2v) is 2.28. The Morgan fingerprint density at radius 3 is 2.55 bits per heavy atom. The number of thiol groups is 1. The number of nitrogens with one attached hydrogen (secondary N) is 2. The zero-order chi connectivity index (χ0) is 8.69. The molecule has 0 bridgehead atoms. The van der Waals surface area contributed by atoms with E-state index in [1.54, 1.807) is 0 Å². The van der Waals surface area contributed by atoms with Gasteiger partial charge in [-0.1, -0.05) is 6.92 Å². The highest BCUT2D eigenvalue weighted by molar-refractivity contribution is 7.81. The summed E-state index contributed by atoms with van der Waals surface area (Å²) in [6, 6.07) is -0.453. The summed E-state index contributed by atoms with van der Waals surface area (Å²) in [5.41, 5.74) is 0. The Labute approximate surface area is 71.1 Å². The van der Waals surface area contributed by atoms with Gasteiger partial charge in [0.15, 0.2) is 0 Å². The third kappa shape index (κ3) is 5.72. The first-order valence-corrected chi connectivity index (χ1v) is 4.02. The van der Waals surface area contributed by atoms with Crippen molar-refractivity contribution in [3.05, 3.63) is 0 Å². The molecule has 0 aromatic carbocycles. The monoisotopic (exact) mass is 176 g/mol. The molecule has 0 unspecified atom stereocenters. The van der Waals surface area contributed by atoms with Gasteiger partial charge in [0.2, 0.25) is 5.91 Å². The van der Waals surface area contributed by atoms with Gasteiger partial charge in [0.05, 0.1) is 5.75 Å². The minimum absolute atomic E-state index is 0.0273. The predicted octanol–water partition coefficient (Wildman–Crippen LogP) is 0.152. The first-order valence-electron chi connectivity index (χ1n) is 3.39. The van der Waals surface area contributed by atoms with E-state index in [2.05, 4.69) is 23.3 Å². The molecule has 64 valence electrons. The summed E-state index contributed by atoms with van der Waals surface area (Å²) < 4.78 is 0. The minimum Gasteiger partial charge on any atom is -0.338 e. The van der Waals surface area contributed by atoms with E-state index in [9.17, 15) is 9.59 Å². The summed E-state index contributed by atoms with van der Waals surface area (Å²) in [4.78, 5) is 21.2. The van der Waals surface area contributed by atoms with Crippen molar-refractivity contribution in [2.75, 3.05) is 12.3 Å². The van der Waals surface area contributed by atoms with Crippen LogP contribution in [0.5, 0.6) is 0 Å². The van der Waals surface area contributed by atoms with Gasteiger partial charge >= 0.3 is 6.03 Å². The van der Waals surface area contributed by atoms with E-state index in [0.29, 0.717) is 6.54 Å². The summed E-state index contributed by atoms with van der Waals surface area (Å²) in [6.45, 7) is 2.51. The fraction of sp³-hybridized carbons (Fsp3) is 0.667. The van der Waals surface area contributed by atoms with E-state index in [1.165, 1.54) is 0 Å². The summed E-state index contributed by atoms with van der Waals surface area (Å²) >= 11 is 3.69. The number of carbonyl (C=O) groups is 2. The predicted molar refractivity (Wildman–Crippen MR) is 45.7 cm³/mol. The number of carbonyl (C=O) groups excluding carboxylic acids is 2. The molecule has 0 aliphatic heterocycles. The molecule has 0 aromatic heterocycles. The lowest BCUT2D eigenvalue weighted by atomic mass is 10.5. The van der Waals surface area contributed by atoms with Gasteiger partial charge in [0, 0.05) is 6.54 Å². The Balaban J connectivity index is 3.44.